The van der Waals surface area contributed by atoms with Crippen LogP contribution in [0.1, 0.15) is 18.3 Å². The molecule has 1 fully saturated rings. The highest BCUT2D eigenvalue weighted by molar-refractivity contribution is 7.82. The number of rotatable bonds is 8. The summed E-state index contributed by atoms with van der Waals surface area (Å²) in [4.78, 5) is 21.8. The van der Waals surface area contributed by atoms with E-state index >= 15 is 0 Å². The van der Waals surface area contributed by atoms with Gasteiger partial charge in [0, 0.05) is 44.5 Å². The second-order valence-electron chi connectivity index (χ2n) is 8.66. The molecule has 0 bridgehead atoms. The molecule has 1 aromatic heterocycles. The molecule has 4 rings (SSSR count). The van der Waals surface area contributed by atoms with Gasteiger partial charge in [-0.3, -0.25) is 0 Å². The Kier molecular flexibility index (Phi) is 8.21. The zero-order valence-corrected chi connectivity index (χ0v) is 22.0. The lowest BCUT2D eigenvalue weighted by Gasteiger charge is -2.36. The number of anilines is 1. The Bertz CT molecular complexity index is 1200. The number of amides is 2. The normalized spacial score (nSPS) is 14.7. The summed E-state index contributed by atoms with van der Waals surface area (Å²) in [5, 5.41) is 7.39. The molecular weight excluding hydrogens is 478 g/mol. The van der Waals surface area contributed by atoms with Crippen molar-refractivity contribution < 1.29 is 13.7 Å². The first-order valence-corrected chi connectivity index (χ1v) is 13.1. The predicted octanol–water partition coefficient (Wildman–Crippen LogP) is 2.59. The monoisotopic (exact) mass is 511 g/mol. The van der Waals surface area contributed by atoms with Crippen molar-refractivity contribution in [3.63, 3.8) is 0 Å². The van der Waals surface area contributed by atoms with E-state index in [1.165, 1.54) is 0 Å². The average molecular weight is 512 g/mol. The van der Waals surface area contributed by atoms with Crippen LogP contribution in [0.15, 0.2) is 53.7 Å². The second kappa shape index (κ2) is 11.5. The number of benzene rings is 2. The smallest absolute Gasteiger partial charge is 0.317 e. The summed E-state index contributed by atoms with van der Waals surface area (Å²) in [5.74, 6) is 1.45. The van der Waals surface area contributed by atoms with Crippen molar-refractivity contribution in [2.45, 2.75) is 25.3 Å². The molecule has 1 N–H and O–H groups in total. The molecule has 11 heteroatoms. The molecule has 1 aliphatic rings. The number of urea groups is 1. The molecule has 3 aromatic rings. The number of aromatic nitrogens is 3. The molecule has 0 spiro atoms. The van der Waals surface area contributed by atoms with Gasteiger partial charge in [-0.2, -0.15) is 5.10 Å². The molecule has 1 unspecified atom stereocenters. The fourth-order valence-corrected chi connectivity index (χ4v) is 4.80. The van der Waals surface area contributed by atoms with Crippen LogP contribution in [0, 0.1) is 6.92 Å². The van der Waals surface area contributed by atoms with E-state index < -0.39 is 11.0 Å². The molecule has 36 heavy (non-hydrogen) atoms. The fraction of sp³-hybridized carbons (Fsp3) is 0.400. The highest BCUT2D eigenvalue weighted by atomic mass is 32.2. The van der Waals surface area contributed by atoms with Crippen LogP contribution in [0.5, 0.6) is 5.75 Å². The number of nitrogens with one attached hydrogen (secondary N) is 1. The van der Waals surface area contributed by atoms with Crippen LogP contribution in [-0.2, 0) is 17.5 Å². The minimum absolute atomic E-state index is 0.0810. The van der Waals surface area contributed by atoms with E-state index in [2.05, 4.69) is 26.4 Å². The largest absolute Gasteiger partial charge is 0.492 e. The maximum absolute atomic E-state index is 12.7. The molecule has 1 atom stereocenters. The molecule has 2 amide bonds. The van der Waals surface area contributed by atoms with Gasteiger partial charge >= 0.3 is 6.03 Å². The van der Waals surface area contributed by atoms with Crippen molar-refractivity contribution in [1.29, 1.82) is 0 Å². The Labute approximate surface area is 214 Å². The van der Waals surface area contributed by atoms with Gasteiger partial charge in [-0.25, -0.2) is 23.0 Å². The van der Waals surface area contributed by atoms with Gasteiger partial charge in [0.15, 0.2) is 0 Å². The highest BCUT2D eigenvalue weighted by Crippen LogP contribution is 2.29. The Balaban J connectivity index is 1.32. The van der Waals surface area contributed by atoms with E-state index in [-0.39, 0.29) is 6.03 Å². The number of hydrogen-bond donors (Lipinski definition) is 1. The van der Waals surface area contributed by atoms with Crippen molar-refractivity contribution in [2.75, 3.05) is 51.8 Å². The van der Waals surface area contributed by atoms with E-state index in [4.69, 9.17) is 4.74 Å². The van der Waals surface area contributed by atoms with Crippen LogP contribution in [0.3, 0.4) is 0 Å². The van der Waals surface area contributed by atoms with Crippen LogP contribution in [0.2, 0.25) is 0 Å². The molecule has 1 saturated heterocycles. The average Bonchev–Trinajstić information content (AvgIpc) is 3.33. The van der Waals surface area contributed by atoms with Gasteiger partial charge in [-0.1, -0.05) is 12.1 Å². The van der Waals surface area contributed by atoms with Crippen LogP contribution in [0.4, 0.5) is 10.5 Å². The van der Waals surface area contributed by atoms with E-state index in [9.17, 15) is 9.00 Å². The molecule has 10 nitrogen and oxygen atoms in total. The Morgan fingerprint density at radius 2 is 1.83 bits per heavy atom. The lowest BCUT2D eigenvalue weighted by Crippen LogP contribution is -2.51. The van der Waals surface area contributed by atoms with Gasteiger partial charge < -0.3 is 19.9 Å². The summed E-state index contributed by atoms with van der Waals surface area (Å²) in [6.45, 7) is 7.49. The van der Waals surface area contributed by atoms with Crippen LogP contribution in [0.25, 0.3) is 5.69 Å². The van der Waals surface area contributed by atoms with Gasteiger partial charge in [0.05, 0.1) is 11.5 Å². The van der Waals surface area contributed by atoms with Crippen molar-refractivity contribution in [1.82, 2.24) is 29.3 Å². The first-order chi connectivity index (χ1) is 17.4. The molecule has 0 radical (unpaired) electrons. The summed E-state index contributed by atoms with van der Waals surface area (Å²) in [6.07, 6.45) is 1.68. The van der Waals surface area contributed by atoms with Gasteiger partial charge in [-0.15, -0.1) is 0 Å². The Morgan fingerprint density at radius 1 is 1.11 bits per heavy atom. The standard InChI is InChI=1S/C25H33N7O3S/c1-5-35-24-16-21(8-11-23(24)32-18-27-19(2)28-32)30-12-14-31(15-13-30)25(33)26-17-20-6-9-22(10-7-20)36(34)29(3)4/h6-11,16,18H,5,12-15,17H2,1-4H3,(H,26,33). The van der Waals surface area contributed by atoms with Gasteiger partial charge in [0.25, 0.3) is 0 Å². The number of carbonyl (C=O) groups is 1. The minimum Gasteiger partial charge on any atom is -0.492 e. The summed E-state index contributed by atoms with van der Waals surface area (Å²) in [6, 6.07) is 13.5. The van der Waals surface area contributed by atoms with Gasteiger partial charge in [0.1, 0.15) is 34.6 Å². The fourth-order valence-electron chi connectivity index (χ4n) is 4.01. The van der Waals surface area contributed by atoms with E-state index in [0.717, 1.165) is 40.7 Å². The summed E-state index contributed by atoms with van der Waals surface area (Å²) < 4.78 is 21.4. The molecule has 2 aromatic carbocycles. The molecule has 192 valence electrons. The first kappa shape index (κ1) is 25.6. The van der Waals surface area contributed by atoms with E-state index in [1.54, 1.807) is 29.4 Å². The number of piperazine rings is 1. The third-order valence-electron chi connectivity index (χ3n) is 5.93. The Morgan fingerprint density at radius 3 is 2.44 bits per heavy atom. The quantitative estimate of drug-likeness (QED) is 0.500. The summed E-state index contributed by atoms with van der Waals surface area (Å²) in [7, 11) is 2.37. The number of ether oxygens (including phenoxy) is 1. The number of carbonyl (C=O) groups excluding carboxylic acids is 1. The minimum atomic E-state index is -1.17. The van der Waals surface area contributed by atoms with Crippen molar-refractivity contribution in [2.24, 2.45) is 0 Å². The third kappa shape index (κ3) is 6.03. The van der Waals surface area contributed by atoms with Crippen molar-refractivity contribution >= 4 is 22.7 Å². The SMILES string of the molecule is CCOc1cc(N2CCN(C(=O)NCc3ccc(S(=O)N(C)C)cc3)CC2)ccc1-n1cnc(C)n1. The molecule has 0 aliphatic carbocycles. The third-order valence-corrected chi connectivity index (χ3v) is 7.27. The zero-order chi connectivity index (χ0) is 25.7. The number of hydrogen-bond acceptors (Lipinski definition) is 6. The molecular formula is C25H33N7O3S. The zero-order valence-electron chi connectivity index (χ0n) is 21.2. The number of aryl methyl sites for hydroxylation is 1. The summed E-state index contributed by atoms with van der Waals surface area (Å²) >= 11 is 0. The number of nitrogens with zero attached hydrogens (tertiary/aromatic N) is 6. The molecule has 2 heterocycles. The van der Waals surface area contributed by atoms with Crippen LogP contribution in [-0.4, -0.2) is 81.1 Å². The van der Waals surface area contributed by atoms with Gasteiger partial charge in [-0.05, 0) is 57.8 Å². The lowest BCUT2D eigenvalue weighted by atomic mass is 10.2. The second-order valence-corrected chi connectivity index (χ2v) is 10.4. The van der Waals surface area contributed by atoms with Gasteiger partial charge in [0.2, 0.25) is 0 Å². The van der Waals surface area contributed by atoms with Crippen molar-refractivity contribution in [3.8, 4) is 11.4 Å². The van der Waals surface area contributed by atoms with Crippen LogP contribution >= 0.6 is 0 Å². The first-order valence-electron chi connectivity index (χ1n) is 12.0. The highest BCUT2D eigenvalue weighted by Gasteiger charge is 2.22. The van der Waals surface area contributed by atoms with Crippen LogP contribution < -0.4 is 15.0 Å². The van der Waals surface area contributed by atoms with E-state index in [1.807, 2.05) is 55.1 Å². The van der Waals surface area contributed by atoms with E-state index in [0.29, 0.717) is 32.1 Å². The summed E-state index contributed by atoms with van der Waals surface area (Å²) in [5.41, 5.74) is 2.86. The Hall–Kier alpha value is -3.44. The lowest BCUT2D eigenvalue weighted by molar-refractivity contribution is 0.194. The van der Waals surface area contributed by atoms with Crippen molar-refractivity contribution in [3.05, 3.63) is 60.2 Å². The molecule has 1 aliphatic heterocycles. The maximum atomic E-state index is 12.7. The topological polar surface area (TPSA) is 95.8 Å². The molecule has 0 saturated carbocycles. The predicted molar refractivity (Wildman–Crippen MR) is 140 cm³/mol. The maximum Gasteiger partial charge on any atom is 0.317 e.